The van der Waals surface area contributed by atoms with Crippen LogP contribution in [0, 0.1) is 5.41 Å². The molecule has 3 N–H and O–H groups in total. The van der Waals surface area contributed by atoms with Crippen molar-refractivity contribution in [3.8, 4) is 0 Å². The largest absolute Gasteiger partial charge is 0.378 e. The van der Waals surface area contributed by atoms with Crippen LogP contribution in [0.2, 0.25) is 0 Å². The van der Waals surface area contributed by atoms with E-state index < -0.39 is 6.04 Å². The average Bonchev–Trinajstić information content (AvgIpc) is 2.42. The van der Waals surface area contributed by atoms with Gasteiger partial charge in [-0.3, -0.25) is 4.79 Å². The van der Waals surface area contributed by atoms with Gasteiger partial charge in [0.2, 0.25) is 5.91 Å². The van der Waals surface area contributed by atoms with Gasteiger partial charge in [0, 0.05) is 18.1 Å². The van der Waals surface area contributed by atoms with Gasteiger partial charge in [0.25, 0.3) is 0 Å². The maximum atomic E-state index is 12.0. The second-order valence-electron chi connectivity index (χ2n) is 6.22. The lowest BCUT2D eigenvalue weighted by Gasteiger charge is -2.51. The van der Waals surface area contributed by atoms with Crippen LogP contribution < -0.4 is 11.1 Å². The zero-order chi connectivity index (χ0) is 15.2. The molecular weight excluding hydrogens is 308 g/mol. The number of halogens is 1. The fourth-order valence-corrected chi connectivity index (χ4v) is 2.93. The summed E-state index contributed by atoms with van der Waals surface area (Å²) < 4.78 is 5.88. The number of hydrogen-bond donors (Lipinski definition) is 2. The van der Waals surface area contributed by atoms with Gasteiger partial charge >= 0.3 is 0 Å². The highest BCUT2D eigenvalue weighted by atomic mass is 35.5. The van der Waals surface area contributed by atoms with Crippen LogP contribution in [0.15, 0.2) is 0 Å². The molecular formula is C15H31ClN2O2S. The topological polar surface area (TPSA) is 64.3 Å². The van der Waals surface area contributed by atoms with Crippen molar-refractivity contribution < 1.29 is 9.53 Å². The van der Waals surface area contributed by atoms with Gasteiger partial charge in [0.05, 0.1) is 12.1 Å². The van der Waals surface area contributed by atoms with E-state index in [-0.39, 0.29) is 35.9 Å². The Morgan fingerprint density at radius 3 is 2.71 bits per heavy atom. The Hall–Kier alpha value is 0.0300. The van der Waals surface area contributed by atoms with Gasteiger partial charge < -0.3 is 15.8 Å². The molecule has 1 amide bonds. The normalized spacial score (nSPS) is 24.6. The predicted molar refractivity (Wildman–Crippen MR) is 93.2 cm³/mol. The summed E-state index contributed by atoms with van der Waals surface area (Å²) in [7, 11) is 0. The van der Waals surface area contributed by atoms with Crippen molar-refractivity contribution in [2.24, 2.45) is 11.1 Å². The minimum Gasteiger partial charge on any atom is -0.378 e. The summed E-state index contributed by atoms with van der Waals surface area (Å²) in [5, 5.41) is 3.08. The van der Waals surface area contributed by atoms with Gasteiger partial charge in [-0.15, -0.1) is 12.4 Å². The number of unbranched alkanes of at least 4 members (excludes halogenated alkanes) is 1. The average molecular weight is 339 g/mol. The van der Waals surface area contributed by atoms with E-state index in [2.05, 4.69) is 26.1 Å². The summed E-state index contributed by atoms with van der Waals surface area (Å²) in [6.07, 6.45) is 6.16. The number of thioether (sulfide) groups is 1. The van der Waals surface area contributed by atoms with Crippen molar-refractivity contribution in [2.75, 3.05) is 18.6 Å². The van der Waals surface area contributed by atoms with Gasteiger partial charge in [-0.25, -0.2) is 0 Å². The molecule has 4 nitrogen and oxygen atoms in total. The molecule has 1 rings (SSSR count). The standard InChI is InChI=1S/C15H30N2O2S.ClH/c1-5-6-8-19-13-10-12(15(13,2)3)17-14(18)11(16)7-9-20-4;/h11-13H,5-10,16H2,1-4H3,(H,17,18);1H/t11-,12?,13?;/m0./s1. The Morgan fingerprint density at radius 1 is 1.52 bits per heavy atom. The lowest BCUT2D eigenvalue weighted by Crippen LogP contribution is -2.63. The number of rotatable bonds is 9. The first kappa shape index (κ1) is 21.0. The van der Waals surface area contributed by atoms with E-state index in [1.807, 2.05) is 6.26 Å². The molecule has 3 atom stereocenters. The molecule has 0 heterocycles. The first-order valence-corrected chi connectivity index (χ1v) is 8.99. The van der Waals surface area contributed by atoms with Gasteiger partial charge in [0.1, 0.15) is 0 Å². The van der Waals surface area contributed by atoms with Crippen molar-refractivity contribution in [1.82, 2.24) is 5.32 Å². The van der Waals surface area contributed by atoms with Gasteiger partial charge in [-0.1, -0.05) is 27.2 Å². The number of nitrogens with one attached hydrogen (secondary N) is 1. The highest BCUT2D eigenvalue weighted by Crippen LogP contribution is 2.42. The third-order valence-electron chi connectivity index (χ3n) is 4.28. The Balaban J connectivity index is 0.00000400. The Bertz CT molecular complexity index is 316. The summed E-state index contributed by atoms with van der Waals surface area (Å²) >= 11 is 1.72. The summed E-state index contributed by atoms with van der Waals surface area (Å²) in [6, 6.07) is -0.208. The van der Waals surface area contributed by atoms with Crippen LogP contribution in [0.1, 0.15) is 46.5 Å². The highest BCUT2D eigenvalue weighted by Gasteiger charge is 2.49. The molecule has 126 valence electrons. The van der Waals surface area contributed by atoms with Crippen LogP contribution in [-0.2, 0) is 9.53 Å². The molecule has 1 saturated carbocycles. The maximum absolute atomic E-state index is 12.0. The molecule has 1 aliphatic carbocycles. The van der Waals surface area contributed by atoms with Crippen LogP contribution in [0.25, 0.3) is 0 Å². The monoisotopic (exact) mass is 338 g/mol. The number of carbonyl (C=O) groups is 1. The third kappa shape index (κ3) is 5.97. The van der Waals surface area contributed by atoms with E-state index >= 15 is 0 Å². The zero-order valence-electron chi connectivity index (χ0n) is 13.7. The first-order chi connectivity index (χ1) is 9.43. The molecule has 0 aromatic heterocycles. The second kappa shape index (κ2) is 9.93. The summed E-state index contributed by atoms with van der Waals surface area (Å²) in [4.78, 5) is 12.0. The number of carbonyl (C=O) groups excluding carboxylic acids is 1. The fourth-order valence-electron chi connectivity index (χ4n) is 2.44. The van der Waals surface area contributed by atoms with E-state index in [4.69, 9.17) is 10.5 Å². The highest BCUT2D eigenvalue weighted by molar-refractivity contribution is 7.98. The maximum Gasteiger partial charge on any atom is 0.237 e. The SMILES string of the molecule is CCCCOC1CC(NC(=O)[C@@H](N)CCSC)C1(C)C.Cl. The van der Waals surface area contributed by atoms with Crippen LogP contribution >= 0.6 is 24.2 Å². The Morgan fingerprint density at radius 2 is 2.19 bits per heavy atom. The molecule has 1 aliphatic rings. The van der Waals surface area contributed by atoms with Crippen LogP contribution in [0.5, 0.6) is 0 Å². The van der Waals surface area contributed by atoms with Crippen molar-refractivity contribution in [3.05, 3.63) is 0 Å². The van der Waals surface area contributed by atoms with E-state index in [1.54, 1.807) is 11.8 Å². The van der Waals surface area contributed by atoms with Crippen molar-refractivity contribution in [2.45, 2.75) is 64.6 Å². The predicted octanol–water partition coefficient (Wildman–Crippen LogP) is 2.59. The van der Waals surface area contributed by atoms with Gasteiger partial charge in [-0.05, 0) is 31.3 Å². The minimum atomic E-state index is -0.390. The lowest BCUT2D eigenvalue weighted by molar-refractivity contribution is -0.139. The van der Waals surface area contributed by atoms with E-state index in [0.717, 1.165) is 38.0 Å². The van der Waals surface area contributed by atoms with Gasteiger partial charge in [0.15, 0.2) is 0 Å². The molecule has 0 bridgehead atoms. The third-order valence-corrected chi connectivity index (χ3v) is 4.92. The van der Waals surface area contributed by atoms with Crippen molar-refractivity contribution in [3.63, 3.8) is 0 Å². The van der Waals surface area contributed by atoms with Crippen LogP contribution in [-0.4, -0.2) is 42.7 Å². The quantitative estimate of drug-likeness (QED) is 0.634. The van der Waals surface area contributed by atoms with E-state index in [9.17, 15) is 4.79 Å². The number of ether oxygens (including phenoxy) is 1. The summed E-state index contributed by atoms with van der Waals surface area (Å²) in [5.41, 5.74) is 5.90. The first-order valence-electron chi connectivity index (χ1n) is 7.60. The number of amides is 1. The molecule has 0 radical (unpaired) electrons. The second-order valence-corrected chi connectivity index (χ2v) is 7.20. The van der Waals surface area contributed by atoms with Crippen LogP contribution in [0.4, 0.5) is 0 Å². The van der Waals surface area contributed by atoms with Crippen molar-refractivity contribution >= 4 is 30.1 Å². The van der Waals surface area contributed by atoms with E-state index in [0.29, 0.717) is 0 Å². The molecule has 0 aromatic rings. The molecule has 0 saturated heterocycles. The summed E-state index contributed by atoms with van der Waals surface area (Å²) in [6.45, 7) is 7.30. The molecule has 0 spiro atoms. The molecule has 6 heteroatoms. The minimum absolute atomic E-state index is 0. The number of hydrogen-bond acceptors (Lipinski definition) is 4. The van der Waals surface area contributed by atoms with Crippen molar-refractivity contribution in [1.29, 1.82) is 0 Å². The lowest BCUT2D eigenvalue weighted by atomic mass is 9.64. The Kier molecular flexibility index (Phi) is 9.94. The van der Waals surface area contributed by atoms with E-state index in [1.165, 1.54) is 0 Å². The zero-order valence-corrected chi connectivity index (χ0v) is 15.3. The Labute approximate surface area is 139 Å². The molecule has 21 heavy (non-hydrogen) atoms. The van der Waals surface area contributed by atoms with Gasteiger partial charge in [-0.2, -0.15) is 11.8 Å². The molecule has 2 unspecified atom stereocenters. The van der Waals surface area contributed by atoms with Crippen LogP contribution in [0.3, 0.4) is 0 Å². The number of nitrogens with two attached hydrogens (primary N) is 1. The molecule has 0 aliphatic heterocycles. The molecule has 1 fully saturated rings. The fraction of sp³-hybridized carbons (Fsp3) is 0.933. The molecule has 0 aromatic carbocycles. The summed E-state index contributed by atoms with van der Waals surface area (Å²) in [5.74, 6) is 0.898. The smallest absolute Gasteiger partial charge is 0.237 e.